The first kappa shape index (κ1) is 10.2. The zero-order chi connectivity index (χ0) is 9.84. The van der Waals surface area contributed by atoms with Crippen molar-refractivity contribution in [2.24, 2.45) is 16.7 Å². The van der Waals surface area contributed by atoms with Crippen molar-refractivity contribution in [2.75, 3.05) is 6.61 Å². The third kappa shape index (κ3) is 2.83. The van der Waals surface area contributed by atoms with Crippen LogP contribution in [0, 0.1) is 0 Å². The molecular weight excluding hydrogens is 174 g/mol. The summed E-state index contributed by atoms with van der Waals surface area (Å²) in [6, 6.07) is 0. The number of ether oxygens (including phenoxy) is 1. The highest BCUT2D eigenvalue weighted by Gasteiger charge is 2.28. The van der Waals surface area contributed by atoms with Crippen molar-refractivity contribution >= 4 is 5.84 Å². The summed E-state index contributed by atoms with van der Waals surface area (Å²) in [4.78, 5) is 0. The van der Waals surface area contributed by atoms with Crippen LogP contribution < -0.4 is 11.6 Å². The van der Waals surface area contributed by atoms with Crippen LogP contribution in [0.15, 0.2) is 5.10 Å². The van der Waals surface area contributed by atoms with E-state index in [0.29, 0.717) is 12.8 Å². The number of nitrogens with two attached hydrogens (primary N) is 2. The van der Waals surface area contributed by atoms with Gasteiger partial charge in [-0.2, -0.15) is 5.10 Å². The van der Waals surface area contributed by atoms with Gasteiger partial charge in [-0.05, 0) is 0 Å². The molecule has 1 heterocycles. The number of aliphatic hydroxyl groups excluding tert-OH is 2. The van der Waals surface area contributed by atoms with E-state index in [9.17, 15) is 5.11 Å². The molecule has 3 unspecified atom stereocenters. The Kier molecular flexibility index (Phi) is 3.47. The van der Waals surface area contributed by atoms with Crippen molar-refractivity contribution in [3.63, 3.8) is 0 Å². The minimum atomic E-state index is -0.799. The minimum absolute atomic E-state index is 0.129. The first-order valence-electron chi connectivity index (χ1n) is 4.13. The molecule has 13 heavy (non-hydrogen) atoms. The largest absolute Gasteiger partial charge is 0.390 e. The van der Waals surface area contributed by atoms with Gasteiger partial charge in [0.2, 0.25) is 0 Å². The van der Waals surface area contributed by atoms with E-state index in [2.05, 4.69) is 5.10 Å². The second kappa shape index (κ2) is 4.40. The van der Waals surface area contributed by atoms with Gasteiger partial charge >= 0.3 is 0 Å². The van der Waals surface area contributed by atoms with Gasteiger partial charge in [0.05, 0.1) is 18.8 Å². The van der Waals surface area contributed by atoms with Gasteiger partial charge in [-0.3, -0.25) is 0 Å². The number of nitrogens with zero attached hydrogens (tertiary/aromatic N) is 1. The molecule has 0 radical (unpaired) electrons. The molecule has 0 spiro atoms. The zero-order valence-electron chi connectivity index (χ0n) is 7.26. The number of hydrogen-bond acceptors (Lipinski definition) is 5. The molecule has 1 aliphatic rings. The Hall–Kier alpha value is -0.850. The maximum atomic E-state index is 9.29. The van der Waals surface area contributed by atoms with Crippen LogP contribution in [0.5, 0.6) is 0 Å². The molecule has 6 nitrogen and oxygen atoms in total. The summed E-state index contributed by atoms with van der Waals surface area (Å²) in [6.45, 7) is 0.129. The molecule has 3 atom stereocenters. The molecule has 0 bridgehead atoms. The maximum Gasteiger partial charge on any atom is 0.121 e. The average Bonchev–Trinajstić information content (AvgIpc) is 2.11. The first-order chi connectivity index (χ1) is 6.13. The van der Waals surface area contributed by atoms with Gasteiger partial charge < -0.3 is 26.5 Å². The highest BCUT2D eigenvalue weighted by Crippen LogP contribution is 2.16. The summed E-state index contributed by atoms with van der Waals surface area (Å²) in [7, 11) is 0. The SMILES string of the molecule is N/N=C(\N)CC1CC(O)C(O)CO1. The van der Waals surface area contributed by atoms with Gasteiger partial charge in [-0.15, -0.1) is 0 Å². The van der Waals surface area contributed by atoms with E-state index >= 15 is 0 Å². The van der Waals surface area contributed by atoms with Crippen LogP contribution in [-0.4, -0.2) is 41.0 Å². The first-order valence-corrected chi connectivity index (χ1v) is 4.13. The lowest BCUT2D eigenvalue weighted by Crippen LogP contribution is -2.42. The van der Waals surface area contributed by atoms with Gasteiger partial charge in [-0.25, -0.2) is 0 Å². The summed E-state index contributed by atoms with van der Waals surface area (Å²) in [5, 5.41) is 21.7. The molecule has 6 N–H and O–H groups in total. The molecule has 0 aromatic carbocycles. The Bertz CT molecular complexity index is 197. The van der Waals surface area contributed by atoms with E-state index in [1.54, 1.807) is 0 Å². The molecule has 1 rings (SSSR count). The van der Waals surface area contributed by atoms with Crippen molar-refractivity contribution < 1.29 is 14.9 Å². The molecule has 0 saturated carbocycles. The van der Waals surface area contributed by atoms with E-state index < -0.39 is 12.2 Å². The van der Waals surface area contributed by atoms with Gasteiger partial charge in [0.1, 0.15) is 11.9 Å². The third-order valence-electron chi connectivity index (χ3n) is 2.05. The molecule has 0 amide bonds. The van der Waals surface area contributed by atoms with Crippen LogP contribution in [0.3, 0.4) is 0 Å². The molecule has 0 aromatic heterocycles. The smallest absolute Gasteiger partial charge is 0.121 e. The van der Waals surface area contributed by atoms with E-state index in [1.165, 1.54) is 0 Å². The van der Waals surface area contributed by atoms with Crippen molar-refractivity contribution in [2.45, 2.75) is 31.2 Å². The standard InChI is InChI=1S/C7H15N3O3/c8-7(10-9)2-4-1-5(11)6(12)3-13-4/h4-6,11-12H,1-3,9H2,(H2,8,10). The highest BCUT2D eigenvalue weighted by atomic mass is 16.5. The van der Waals surface area contributed by atoms with Gasteiger partial charge in [0.25, 0.3) is 0 Å². The maximum absolute atomic E-state index is 9.29. The lowest BCUT2D eigenvalue weighted by Gasteiger charge is -2.30. The normalized spacial score (nSPS) is 36.2. The number of amidine groups is 1. The van der Waals surface area contributed by atoms with Gasteiger partial charge in [0.15, 0.2) is 0 Å². The molecule has 1 saturated heterocycles. The van der Waals surface area contributed by atoms with Crippen LogP contribution in [0.4, 0.5) is 0 Å². The predicted molar refractivity (Wildman–Crippen MR) is 46.8 cm³/mol. The topological polar surface area (TPSA) is 114 Å². The van der Waals surface area contributed by atoms with Crippen molar-refractivity contribution in [3.8, 4) is 0 Å². The number of hydrazone groups is 1. The van der Waals surface area contributed by atoms with Crippen LogP contribution in [0.1, 0.15) is 12.8 Å². The Labute approximate surface area is 76.2 Å². The third-order valence-corrected chi connectivity index (χ3v) is 2.05. The predicted octanol–water partition coefficient (Wildman–Crippen LogP) is -1.88. The summed E-state index contributed by atoms with van der Waals surface area (Å²) in [5.41, 5.74) is 5.38. The average molecular weight is 189 g/mol. The lowest BCUT2D eigenvalue weighted by molar-refractivity contribution is -0.118. The second-order valence-electron chi connectivity index (χ2n) is 3.15. The van der Waals surface area contributed by atoms with E-state index in [4.69, 9.17) is 21.4 Å². The van der Waals surface area contributed by atoms with Gasteiger partial charge in [0, 0.05) is 12.8 Å². The lowest BCUT2D eigenvalue weighted by atomic mass is 10.0. The Morgan fingerprint density at radius 2 is 2.15 bits per heavy atom. The fourth-order valence-electron chi connectivity index (χ4n) is 1.27. The zero-order valence-corrected chi connectivity index (χ0v) is 7.26. The van der Waals surface area contributed by atoms with E-state index in [-0.39, 0.29) is 18.5 Å². The number of aliphatic hydroxyl groups is 2. The van der Waals surface area contributed by atoms with E-state index in [1.807, 2.05) is 0 Å². The Balaban J connectivity index is 2.37. The van der Waals surface area contributed by atoms with Crippen LogP contribution in [-0.2, 0) is 4.74 Å². The van der Waals surface area contributed by atoms with Crippen molar-refractivity contribution in [1.29, 1.82) is 0 Å². The highest BCUT2D eigenvalue weighted by molar-refractivity contribution is 5.80. The summed E-state index contributed by atoms with van der Waals surface area (Å²) < 4.78 is 5.21. The van der Waals surface area contributed by atoms with E-state index in [0.717, 1.165) is 0 Å². The molecule has 1 fully saturated rings. The Morgan fingerprint density at radius 3 is 2.69 bits per heavy atom. The van der Waals surface area contributed by atoms with Crippen LogP contribution >= 0.6 is 0 Å². The fraction of sp³-hybridized carbons (Fsp3) is 0.857. The molecule has 0 aliphatic carbocycles. The fourth-order valence-corrected chi connectivity index (χ4v) is 1.27. The molecular formula is C7H15N3O3. The summed E-state index contributed by atoms with van der Waals surface area (Å²) in [6.07, 6.45) is -1.00. The summed E-state index contributed by atoms with van der Waals surface area (Å²) in [5.74, 6) is 5.23. The van der Waals surface area contributed by atoms with Crippen LogP contribution in [0.2, 0.25) is 0 Å². The summed E-state index contributed by atoms with van der Waals surface area (Å²) >= 11 is 0. The number of rotatable bonds is 2. The quantitative estimate of drug-likeness (QED) is 0.176. The second-order valence-corrected chi connectivity index (χ2v) is 3.15. The minimum Gasteiger partial charge on any atom is -0.390 e. The molecule has 6 heteroatoms. The molecule has 1 aliphatic heterocycles. The number of hydrogen-bond donors (Lipinski definition) is 4. The van der Waals surface area contributed by atoms with Crippen molar-refractivity contribution in [3.05, 3.63) is 0 Å². The van der Waals surface area contributed by atoms with Crippen molar-refractivity contribution in [1.82, 2.24) is 0 Å². The Morgan fingerprint density at radius 1 is 1.46 bits per heavy atom. The van der Waals surface area contributed by atoms with Gasteiger partial charge in [-0.1, -0.05) is 0 Å². The monoisotopic (exact) mass is 189 g/mol. The molecule has 76 valence electrons. The molecule has 0 aromatic rings. The van der Waals surface area contributed by atoms with Crippen LogP contribution in [0.25, 0.3) is 0 Å².